The molecule has 1 heterocycles. The summed E-state index contributed by atoms with van der Waals surface area (Å²) in [5.41, 5.74) is 0. The van der Waals surface area contributed by atoms with Crippen LogP contribution in [0.15, 0.2) is 0 Å². The fraction of sp³-hybridized carbons (Fsp3) is 1.00. The van der Waals surface area contributed by atoms with Crippen LogP contribution >= 0.6 is 0 Å². The first-order valence-corrected chi connectivity index (χ1v) is 6.11. The molecule has 1 aliphatic rings. The Kier molecular flexibility index (Phi) is 5.49. The predicted octanol–water partition coefficient (Wildman–Crippen LogP) is 2.25. The Balaban J connectivity index is 2.26. The summed E-state index contributed by atoms with van der Waals surface area (Å²) >= 11 is 0. The van der Waals surface area contributed by atoms with E-state index in [9.17, 15) is 0 Å². The van der Waals surface area contributed by atoms with E-state index in [1.807, 2.05) is 0 Å². The molecule has 1 aliphatic heterocycles. The van der Waals surface area contributed by atoms with E-state index in [0.29, 0.717) is 6.04 Å². The highest BCUT2D eigenvalue weighted by molar-refractivity contribution is 4.74. The van der Waals surface area contributed by atoms with Gasteiger partial charge < -0.3 is 10.2 Å². The normalized spacial score (nSPS) is 27.2. The summed E-state index contributed by atoms with van der Waals surface area (Å²) < 4.78 is 0. The monoisotopic (exact) mass is 198 g/mol. The molecule has 1 N–H and O–H groups in total. The number of hydrogen-bond donors (Lipinski definition) is 1. The summed E-state index contributed by atoms with van der Waals surface area (Å²) in [5.74, 6) is 0. The second-order valence-corrected chi connectivity index (χ2v) is 4.75. The Morgan fingerprint density at radius 3 is 2.86 bits per heavy atom. The van der Waals surface area contributed by atoms with Gasteiger partial charge in [0.1, 0.15) is 0 Å². The molecule has 0 bridgehead atoms. The van der Waals surface area contributed by atoms with E-state index in [2.05, 4.69) is 31.2 Å². The van der Waals surface area contributed by atoms with Gasteiger partial charge in [-0.3, -0.25) is 0 Å². The zero-order valence-electron chi connectivity index (χ0n) is 10.1. The molecule has 0 amide bonds. The zero-order chi connectivity index (χ0) is 10.4. The minimum atomic E-state index is 0.673. The van der Waals surface area contributed by atoms with Gasteiger partial charge in [-0.2, -0.15) is 0 Å². The maximum Gasteiger partial charge on any atom is 0.00927 e. The Morgan fingerprint density at radius 1 is 1.36 bits per heavy atom. The van der Waals surface area contributed by atoms with Crippen molar-refractivity contribution in [2.24, 2.45) is 0 Å². The van der Waals surface area contributed by atoms with E-state index < -0.39 is 0 Å². The van der Waals surface area contributed by atoms with Gasteiger partial charge in [0.05, 0.1) is 0 Å². The molecule has 84 valence electrons. The quantitative estimate of drug-likeness (QED) is 0.745. The lowest BCUT2D eigenvalue weighted by molar-refractivity contribution is 0.226. The smallest absolute Gasteiger partial charge is 0.00927 e. The first-order chi connectivity index (χ1) is 6.74. The summed E-state index contributed by atoms with van der Waals surface area (Å²) in [7, 11) is 4.35. The molecule has 1 rings (SSSR count). The Hall–Kier alpha value is -0.0800. The number of likely N-dealkylation sites (tertiary alicyclic amines) is 1. The number of rotatable bonds is 4. The van der Waals surface area contributed by atoms with Gasteiger partial charge in [-0.25, -0.2) is 0 Å². The topological polar surface area (TPSA) is 15.3 Å². The highest BCUT2D eigenvalue weighted by atomic mass is 15.1. The summed E-state index contributed by atoms with van der Waals surface area (Å²) in [6, 6.07) is 1.51. The Labute approximate surface area is 89.1 Å². The van der Waals surface area contributed by atoms with Gasteiger partial charge >= 0.3 is 0 Å². The highest BCUT2D eigenvalue weighted by Gasteiger charge is 2.17. The lowest BCUT2D eigenvalue weighted by Gasteiger charge is -2.26. The van der Waals surface area contributed by atoms with Crippen molar-refractivity contribution in [1.82, 2.24) is 10.2 Å². The summed E-state index contributed by atoms with van der Waals surface area (Å²) in [6.45, 7) is 3.58. The maximum absolute atomic E-state index is 3.32. The largest absolute Gasteiger partial charge is 0.317 e. The van der Waals surface area contributed by atoms with Gasteiger partial charge in [-0.15, -0.1) is 0 Å². The molecule has 2 atom stereocenters. The van der Waals surface area contributed by atoms with Crippen LogP contribution in [0.25, 0.3) is 0 Å². The predicted molar refractivity (Wildman–Crippen MR) is 62.6 cm³/mol. The summed E-state index contributed by atoms with van der Waals surface area (Å²) in [4.78, 5) is 2.56. The van der Waals surface area contributed by atoms with Gasteiger partial charge in [-0.1, -0.05) is 12.8 Å². The van der Waals surface area contributed by atoms with Crippen LogP contribution in [-0.2, 0) is 0 Å². The number of nitrogens with zero attached hydrogens (tertiary/aromatic N) is 1. The van der Waals surface area contributed by atoms with E-state index >= 15 is 0 Å². The van der Waals surface area contributed by atoms with Crippen LogP contribution < -0.4 is 5.32 Å². The van der Waals surface area contributed by atoms with Crippen LogP contribution in [-0.4, -0.2) is 37.6 Å². The molecule has 2 unspecified atom stereocenters. The molecule has 0 aromatic rings. The maximum atomic E-state index is 3.32. The summed E-state index contributed by atoms with van der Waals surface area (Å²) in [6.07, 6.45) is 8.34. The minimum Gasteiger partial charge on any atom is -0.317 e. The molecule has 0 spiro atoms. The van der Waals surface area contributed by atoms with Crippen molar-refractivity contribution < 1.29 is 0 Å². The third-order valence-electron chi connectivity index (χ3n) is 3.60. The number of nitrogens with one attached hydrogen (secondary N) is 1. The van der Waals surface area contributed by atoms with Crippen LogP contribution in [0.5, 0.6) is 0 Å². The van der Waals surface area contributed by atoms with E-state index in [0.717, 1.165) is 6.04 Å². The molecule has 0 aromatic carbocycles. The van der Waals surface area contributed by atoms with Crippen LogP contribution in [0.4, 0.5) is 0 Å². The summed E-state index contributed by atoms with van der Waals surface area (Å²) in [5, 5.41) is 3.32. The van der Waals surface area contributed by atoms with E-state index in [1.54, 1.807) is 0 Å². The third-order valence-corrected chi connectivity index (χ3v) is 3.60. The van der Waals surface area contributed by atoms with Crippen molar-refractivity contribution in [1.29, 1.82) is 0 Å². The van der Waals surface area contributed by atoms with Gasteiger partial charge in [0.2, 0.25) is 0 Å². The zero-order valence-corrected chi connectivity index (χ0v) is 10.1. The average molecular weight is 198 g/mol. The van der Waals surface area contributed by atoms with Gasteiger partial charge in [-0.05, 0) is 53.2 Å². The molecule has 0 saturated carbocycles. The van der Waals surface area contributed by atoms with Crippen LogP contribution in [0.3, 0.4) is 0 Å². The van der Waals surface area contributed by atoms with Crippen molar-refractivity contribution in [3.63, 3.8) is 0 Å². The van der Waals surface area contributed by atoms with Crippen molar-refractivity contribution >= 4 is 0 Å². The van der Waals surface area contributed by atoms with Crippen molar-refractivity contribution in [3.05, 3.63) is 0 Å². The fourth-order valence-corrected chi connectivity index (χ4v) is 2.27. The van der Waals surface area contributed by atoms with Crippen LogP contribution in [0, 0.1) is 0 Å². The molecule has 14 heavy (non-hydrogen) atoms. The van der Waals surface area contributed by atoms with E-state index in [-0.39, 0.29) is 0 Å². The van der Waals surface area contributed by atoms with E-state index in [4.69, 9.17) is 0 Å². The first-order valence-electron chi connectivity index (χ1n) is 6.11. The van der Waals surface area contributed by atoms with Gasteiger partial charge in [0.15, 0.2) is 0 Å². The minimum absolute atomic E-state index is 0.673. The van der Waals surface area contributed by atoms with Crippen molar-refractivity contribution in [3.8, 4) is 0 Å². The third kappa shape index (κ3) is 3.97. The molecular weight excluding hydrogens is 172 g/mol. The standard InChI is InChI=1S/C12H26N2/c1-11(13-2)8-9-12-7-5-4-6-10-14(12)3/h11-13H,4-10H2,1-3H3. The van der Waals surface area contributed by atoms with E-state index in [1.165, 1.54) is 45.1 Å². The second kappa shape index (κ2) is 6.41. The van der Waals surface area contributed by atoms with Gasteiger partial charge in [0.25, 0.3) is 0 Å². The SMILES string of the molecule is CNC(C)CCC1CCCCCN1C. The first kappa shape index (κ1) is 12.0. The molecule has 1 fully saturated rings. The van der Waals surface area contributed by atoms with Crippen LogP contribution in [0.1, 0.15) is 45.4 Å². The molecule has 0 radical (unpaired) electrons. The Bertz CT molecular complexity index is 147. The lowest BCUT2D eigenvalue weighted by atomic mass is 10.0. The highest BCUT2D eigenvalue weighted by Crippen LogP contribution is 2.19. The lowest BCUT2D eigenvalue weighted by Crippen LogP contribution is -2.33. The average Bonchev–Trinajstić information content (AvgIpc) is 2.39. The Morgan fingerprint density at radius 2 is 2.14 bits per heavy atom. The van der Waals surface area contributed by atoms with Gasteiger partial charge in [0, 0.05) is 12.1 Å². The van der Waals surface area contributed by atoms with Crippen molar-refractivity contribution in [2.45, 2.75) is 57.5 Å². The number of hydrogen-bond acceptors (Lipinski definition) is 2. The molecule has 2 nitrogen and oxygen atoms in total. The second-order valence-electron chi connectivity index (χ2n) is 4.75. The molecule has 1 saturated heterocycles. The fourth-order valence-electron chi connectivity index (χ4n) is 2.27. The molecule has 0 aliphatic carbocycles. The molecule has 0 aromatic heterocycles. The van der Waals surface area contributed by atoms with Crippen LogP contribution in [0.2, 0.25) is 0 Å². The molecular formula is C12H26N2. The van der Waals surface area contributed by atoms with Crippen molar-refractivity contribution in [2.75, 3.05) is 20.6 Å². The molecule has 2 heteroatoms.